The van der Waals surface area contributed by atoms with E-state index in [-0.39, 0.29) is 29.9 Å². The summed E-state index contributed by atoms with van der Waals surface area (Å²) in [5.74, 6) is -0.753. The van der Waals surface area contributed by atoms with Gasteiger partial charge in [0.25, 0.3) is 15.9 Å². The Kier molecular flexibility index (Phi) is 8.09. The second-order valence-corrected chi connectivity index (χ2v) is 11.8. The number of thioether (sulfide) groups is 1. The summed E-state index contributed by atoms with van der Waals surface area (Å²) >= 11 is 2.47. The Morgan fingerprint density at radius 1 is 1.16 bits per heavy atom. The van der Waals surface area contributed by atoms with E-state index in [0.717, 1.165) is 20.2 Å². The number of para-hydroxylation sites is 1. The van der Waals surface area contributed by atoms with E-state index in [2.05, 4.69) is 15.3 Å². The molecule has 1 aliphatic heterocycles. The summed E-state index contributed by atoms with van der Waals surface area (Å²) in [6.45, 7) is -0.961. The molecule has 4 rings (SSSR count). The molecule has 0 atom stereocenters. The monoisotopic (exact) mass is 566 g/mol. The van der Waals surface area contributed by atoms with Crippen LogP contribution in [0.4, 0.5) is 10.6 Å². The highest BCUT2D eigenvalue weighted by atomic mass is 32.2. The molecule has 0 unspecified atom stereocenters. The number of anilines is 1. The van der Waals surface area contributed by atoms with Crippen LogP contribution in [0.25, 0.3) is 10.2 Å². The molecule has 2 aromatic heterocycles. The van der Waals surface area contributed by atoms with Crippen LogP contribution in [0.3, 0.4) is 0 Å². The van der Waals surface area contributed by atoms with Gasteiger partial charge in [0, 0.05) is 18.5 Å². The highest BCUT2D eigenvalue weighted by molar-refractivity contribution is 7.98. The van der Waals surface area contributed by atoms with Gasteiger partial charge in [-0.25, -0.2) is 18.9 Å². The van der Waals surface area contributed by atoms with E-state index in [1.165, 1.54) is 28.9 Å². The van der Waals surface area contributed by atoms with Gasteiger partial charge in [-0.2, -0.15) is 25.2 Å². The number of carbonyl (C=O) groups is 3. The lowest BCUT2D eigenvalue weighted by Gasteiger charge is -2.33. The number of hydrogen-bond donors (Lipinski definition) is 1. The van der Waals surface area contributed by atoms with Crippen LogP contribution >= 0.6 is 23.1 Å². The van der Waals surface area contributed by atoms with Gasteiger partial charge in [-0.15, -0.1) is 11.3 Å². The molecular weight excluding hydrogens is 544 g/mol. The molecule has 1 fully saturated rings. The maximum Gasteiger partial charge on any atom is 0.412 e. The first kappa shape index (κ1) is 26.6. The van der Waals surface area contributed by atoms with Crippen LogP contribution in [-0.2, 0) is 30.9 Å². The minimum absolute atomic E-state index is 0.0355. The van der Waals surface area contributed by atoms with Crippen molar-refractivity contribution in [1.82, 2.24) is 23.7 Å². The molecule has 0 saturated carbocycles. The number of ether oxygens (including phenoxy) is 1. The van der Waals surface area contributed by atoms with Gasteiger partial charge in [-0.1, -0.05) is 12.1 Å². The average Bonchev–Trinajstić information content (AvgIpc) is 3.31. The van der Waals surface area contributed by atoms with Gasteiger partial charge >= 0.3 is 11.8 Å². The number of aromatic nitrogens is 3. The van der Waals surface area contributed by atoms with Gasteiger partial charge in [0.1, 0.15) is 25.5 Å². The number of nitrogens with zero attached hydrogens (tertiary/aromatic N) is 5. The van der Waals surface area contributed by atoms with Gasteiger partial charge in [0.05, 0.1) is 16.8 Å². The minimum Gasteiger partial charge on any atom is -0.448 e. The average molecular weight is 567 g/mol. The minimum atomic E-state index is -4.17. The smallest absolute Gasteiger partial charge is 0.412 e. The molecule has 37 heavy (non-hydrogen) atoms. The maximum atomic E-state index is 13.0. The van der Waals surface area contributed by atoms with Crippen molar-refractivity contribution in [2.75, 3.05) is 43.6 Å². The molecule has 3 aromatic rings. The lowest BCUT2D eigenvalue weighted by Crippen LogP contribution is -2.54. The van der Waals surface area contributed by atoms with Gasteiger partial charge < -0.3 is 9.64 Å². The topological polar surface area (TPSA) is 161 Å². The normalized spacial score (nSPS) is 14.1. The summed E-state index contributed by atoms with van der Waals surface area (Å²) in [5.41, 5.74) is -0.279. The summed E-state index contributed by atoms with van der Waals surface area (Å²) in [6.07, 6.45) is 2.39. The van der Waals surface area contributed by atoms with Crippen LogP contribution in [0.1, 0.15) is 0 Å². The highest BCUT2D eigenvalue weighted by Gasteiger charge is 2.37. The number of piperazine rings is 1. The largest absolute Gasteiger partial charge is 0.448 e. The summed E-state index contributed by atoms with van der Waals surface area (Å²) in [5, 5.41) is 2.33. The van der Waals surface area contributed by atoms with Crippen molar-refractivity contribution in [3.63, 3.8) is 0 Å². The van der Waals surface area contributed by atoms with Crippen molar-refractivity contribution in [2.45, 2.75) is 10.9 Å². The number of carbonyl (C=O) groups excluding carboxylic acids is 3. The number of rotatable bonds is 8. The molecule has 13 nitrogen and oxygen atoms in total. The fourth-order valence-electron chi connectivity index (χ4n) is 3.40. The number of benzene rings is 1. The number of fused-ring (bicyclic) bond motifs is 1. The van der Waals surface area contributed by atoms with Crippen LogP contribution in [0, 0.1) is 0 Å². The Morgan fingerprint density at radius 3 is 2.65 bits per heavy atom. The molecule has 0 bridgehead atoms. The van der Waals surface area contributed by atoms with E-state index in [4.69, 9.17) is 4.74 Å². The van der Waals surface area contributed by atoms with E-state index in [9.17, 15) is 27.6 Å². The number of hydrogen-bond acceptors (Lipinski definition) is 11. The third kappa shape index (κ3) is 6.08. The van der Waals surface area contributed by atoms with E-state index < -0.39 is 46.7 Å². The van der Waals surface area contributed by atoms with E-state index in [1.807, 2.05) is 6.26 Å². The van der Waals surface area contributed by atoms with Crippen LogP contribution in [0.5, 0.6) is 0 Å². The van der Waals surface area contributed by atoms with E-state index in [1.54, 1.807) is 24.3 Å². The zero-order chi connectivity index (χ0) is 26.6. The Labute approximate surface area is 219 Å². The number of amides is 3. The fourth-order valence-corrected chi connectivity index (χ4v) is 6.36. The zero-order valence-electron chi connectivity index (χ0n) is 19.5. The summed E-state index contributed by atoms with van der Waals surface area (Å²) in [7, 11) is -4.17. The molecule has 3 amide bonds. The highest BCUT2D eigenvalue weighted by Crippen LogP contribution is 2.28. The van der Waals surface area contributed by atoms with Gasteiger partial charge in [0.2, 0.25) is 10.2 Å². The molecule has 1 N–H and O–H groups in total. The van der Waals surface area contributed by atoms with Crippen LogP contribution in [0.2, 0.25) is 0 Å². The zero-order valence-corrected chi connectivity index (χ0v) is 22.0. The molecule has 1 saturated heterocycles. The first-order valence-corrected chi connectivity index (χ1v) is 14.5. The second kappa shape index (κ2) is 11.3. The second-order valence-electron chi connectivity index (χ2n) is 7.71. The van der Waals surface area contributed by atoms with Gasteiger partial charge in [0.15, 0.2) is 0 Å². The molecule has 16 heteroatoms. The van der Waals surface area contributed by atoms with Gasteiger partial charge in [-0.3, -0.25) is 19.5 Å². The van der Waals surface area contributed by atoms with E-state index in [0.29, 0.717) is 16.0 Å². The molecule has 196 valence electrons. The predicted molar refractivity (Wildman–Crippen MR) is 137 cm³/mol. The third-order valence-corrected chi connectivity index (χ3v) is 9.03. The summed E-state index contributed by atoms with van der Waals surface area (Å²) in [6, 6.07) is 8.25. The van der Waals surface area contributed by atoms with Crippen LogP contribution in [-0.4, -0.2) is 88.3 Å². The molecule has 0 aliphatic carbocycles. The molecule has 3 heterocycles. The Balaban J connectivity index is 1.36. The maximum absolute atomic E-state index is 13.0. The quantitative estimate of drug-likeness (QED) is 0.387. The standard InChI is InChI=1S/C21H22N6O7S3/c1-35-11-10-34-20(31)24-16-6-7-26(19(30)23-16)12-17(28)25-8-9-27(18(29)13-25)37(32,33)21-22-14-4-2-3-5-15(14)36-21/h2-7H,8-13H2,1H3,(H,23,24,30,31). The van der Waals surface area contributed by atoms with Crippen molar-refractivity contribution >= 4 is 67.1 Å². The number of sulfonamides is 1. The molecule has 1 aliphatic rings. The summed E-state index contributed by atoms with van der Waals surface area (Å²) in [4.78, 5) is 58.5. The SMILES string of the molecule is CSCCOC(=O)Nc1ccn(CC(=O)N2CCN(S(=O)(=O)c3nc4ccccc4s3)C(=O)C2)c(=O)n1. The first-order chi connectivity index (χ1) is 17.7. The van der Waals surface area contributed by atoms with Crippen molar-refractivity contribution in [1.29, 1.82) is 0 Å². The lowest BCUT2D eigenvalue weighted by atomic mass is 10.3. The van der Waals surface area contributed by atoms with Crippen molar-refractivity contribution in [3.05, 3.63) is 47.0 Å². The van der Waals surface area contributed by atoms with Crippen LogP contribution in [0.15, 0.2) is 45.7 Å². The third-order valence-electron chi connectivity index (χ3n) is 5.25. The Morgan fingerprint density at radius 2 is 1.95 bits per heavy atom. The number of nitrogens with one attached hydrogen (secondary N) is 1. The molecule has 1 aromatic carbocycles. The van der Waals surface area contributed by atoms with Crippen LogP contribution < -0.4 is 11.0 Å². The molecular formula is C21H22N6O7S3. The molecule has 0 spiro atoms. The van der Waals surface area contributed by atoms with Crippen molar-refractivity contribution < 1.29 is 27.5 Å². The lowest BCUT2D eigenvalue weighted by molar-refractivity contribution is -0.142. The Bertz CT molecular complexity index is 1470. The Hall–Kier alpha value is -3.50. The van der Waals surface area contributed by atoms with E-state index >= 15 is 0 Å². The van der Waals surface area contributed by atoms with Crippen molar-refractivity contribution in [2.24, 2.45) is 0 Å². The summed E-state index contributed by atoms with van der Waals surface area (Å²) < 4.78 is 33.2. The number of thiazole rings is 1. The first-order valence-electron chi connectivity index (χ1n) is 10.9. The van der Waals surface area contributed by atoms with Gasteiger partial charge in [-0.05, 0) is 24.5 Å². The molecule has 0 radical (unpaired) electrons. The van der Waals surface area contributed by atoms with Crippen molar-refractivity contribution in [3.8, 4) is 0 Å². The predicted octanol–water partition coefficient (Wildman–Crippen LogP) is 0.824. The fraction of sp³-hybridized carbons (Fsp3) is 0.333.